The quantitative estimate of drug-likeness (QED) is 0.814. The van der Waals surface area contributed by atoms with Crippen LogP contribution in [0.4, 0.5) is 0 Å². The molecule has 102 valence electrons. The molecule has 0 radical (unpaired) electrons. The van der Waals surface area contributed by atoms with E-state index in [9.17, 15) is 0 Å². The predicted octanol–water partition coefficient (Wildman–Crippen LogP) is 3.28. The van der Waals surface area contributed by atoms with Crippen molar-refractivity contribution < 1.29 is 0 Å². The predicted molar refractivity (Wildman–Crippen MR) is 76.4 cm³/mol. The van der Waals surface area contributed by atoms with Crippen LogP contribution in [-0.4, -0.2) is 36.1 Å². The van der Waals surface area contributed by atoms with Crippen LogP contribution in [0.5, 0.6) is 0 Å². The van der Waals surface area contributed by atoms with Gasteiger partial charge in [-0.3, -0.25) is 4.90 Å². The van der Waals surface area contributed by atoms with Crippen molar-refractivity contribution >= 4 is 0 Å². The molecule has 1 heterocycles. The fourth-order valence-electron chi connectivity index (χ4n) is 2.47. The maximum atomic E-state index is 3.62. The zero-order valence-electron chi connectivity index (χ0n) is 12.8. The van der Waals surface area contributed by atoms with Gasteiger partial charge in [-0.2, -0.15) is 0 Å². The van der Waals surface area contributed by atoms with Gasteiger partial charge in [-0.15, -0.1) is 0 Å². The van der Waals surface area contributed by atoms with Crippen LogP contribution in [0, 0.1) is 5.41 Å². The van der Waals surface area contributed by atoms with E-state index >= 15 is 0 Å². The van der Waals surface area contributed by atoms with Gasteiger partial charge in [0.25, 0.3) is 0 Å². The number of hydrogen-bond acceptors (Lipinski definition) is 2. The highest BCUT2D eigenvalue weighted by Gasteiger charge is 2.25. The lowest BCUT2D eigenvalue weighted by molar-refractivity contribution is 0.193. The summed E-state index contributed by atoms with van der Waals surface area (Å²) in [6.45, 7) is 17.5. The van der Waals surface area contributed by atoms with Crippen LogP contribution in [-0.2, 0) is 0 Å². The third-order valence-electron chi connectivity index (χ3n) is 3.93. The summed E-state index contributed by atoms with van der Waals surface area (Å²) in [6.07, 6.45) is 4.07. The summed E-state index contributed by atoms with van der Waals surface area (Å²) in [7, 11) is 0. The molecule has 0 amide bonds. The van der Waals surface area contributed by atoms with E-state index < -0.39 is 0 Å². The summed E-state index contributed by atoms with van der Waals surface area (Å²) in [5, 5.41) is 3.62. The van der Waals surface area contributed by atoms with Crippen molar-refractivity contribution in [3.63, 3.8) is 0 Å². The standard InChI is InChI=1S/C15H32N2/c1-13(12-16-14(2,3)4)17-10-7-8-15(5,6)9-11-17/h13,16H,7-12H2,1-6H3. The van der Waals surface area contributed by atoms with Crippen LogP contribution < -0.4 is 5.32 Å². The lowest BCUT2D eigenvalue weighted by Crippen LogP contribution is -2.46. The Hall–Kier alpha value is -0.0800. The average molecular weight is 240 g/mol. The zero-order valence-corrected chi connectivity index (χ0v) is 12.8. The molecule has 1 fully saturated rings. The first-order valence-corrected chi connectivity index (χ1v) is 7.19. The minimum Gasteiger partial charge on any atom is -0.311 e. The smallest absolute Gasteiger partial charge is 0.0192 e. The Labute approximate surface area is 108 Å². The average Bonchev–Trinajstić information content (AvgIpc) is 2.35. The molecule has 0 aromatic heterocycles. The van der Waals surface area contributed by atoms with Gasteiger partial charge >= 0.3 is 0 Å². The van der Waals surface area contributed by atoms with Crippen molar-refractivity contribution in [3.8, 4) is 0 Å². The van der Waals surface area contributed by atoms with Gasteiger partial charge in [0.15, 0.2) is 0 Å². The maximum Gasteiger partial charge on any atom is 0.0192 e. The lowest BCUT2D eigenvalue weighted by Gasteiger charge is -2.31. The summed E-state index contributed by atoms with van der Waals surface area (Å²) in [4.78, 5) is 2.66. The molecule has 0 spiro atoms. The number of nitrogens with one attached hydrogen (secondary N) is 1. The number of rotatable bonds is 3. The summed E-state index contributed by atoms with van der Waals surface area (Å²) < 4.78 is 0. The van der Waals surface area contributed by atoms with Crippen LogP contribution >= 0.6 is 0 Å². The highest BCUT2D eigenvalue weighted by atomic mass is 15.2. The molecule has 1 aliphatic rings. The highest BCUT2D eigenvalue weighted by molar-refractivity contribution is 4.81. The van der Waals surface area contributed by atoms with E-state index in [-0.39, 0.29) is 5.54 Å². The first-order valence-electron chi connectivity index (χ1n) is 7.19. The highest BCUT2D eigenvalue weighted by Crippen LogP contribution is 2.30. The molecule has 1 rings (SSSR count). The van der Waals surface area contributed by atoms with Gasteiger partial charge in [-0.1, -0.05) is 13.8 Å². The number of likely N-dealkylation sites (tertiary alicyclic amines) is 1. The van der Waals surface area contributed by atoms with E-state index in [1.807, 2.05) is 0 Å². The monoisotopic (exact) mass is 240 g/mol. The molecule has 0 aromatic carbocycles. The van der Waals surface area contributed by atoms with Crippen LogP contribution in [0.2, 0.25) is 0 Å². The van der Waals surface area contributed by atoms with Gasteiger partial charge in [0.1, 0.15) is 0 Å². The molecule has 2 heteroatoms. The maximum absolute atomic E-state index is 3.62. The van der Waals surface area contributed by atoms with Crippen molar-refractivity contribution in [3.05, 3.63) is 0 Å². The Bertz CT molecular complexity index is 228. The summed E-state index contributed by atoms with van der Waals surface area (Å²) in [5.74, 6) is 0. The molecule has 1 unspecified atom stereocenters. The van der Waals surface area contributed by atoms with E-state index in [1.165, 1.54) is 32.4 Å². The third-order valence-corrected chi connectivity index (χ3v) is 3.93. The molecule has 1 atom stereocenters. The van der Waals surface area contributed by atoms with Gasteiger partial charge in [0, 0.05) is 18.1 Å². The van der Waals surface area contributed by atoms with Crippen molar-refractivity contribution in [2.45, 2.75) is 72.4 Å². The molecular formula is C15H32N2. The zero-order chi connectivity index (χ0) is 13.1. The minimum atomic E-state index is 0.235. The Morgan fingerprint density at radius 3 is 2.41 bits per heavy atom. The fourth-order valence-corrected chi connectivity index (χ4v) is 2.47. The summed E-state index contributed by atoms with van der Waals surface area (Å²) in [5.41, 5.74) is 0.783. The second-order valence-electron chi connectivity index (χ2n) is 7.53. The molecule has 2 nitrogen and oxygen atoms in total. The van der Waals surface area contributed by atoms with Gasteiger partial charge in [0.2, 0.25) is 0 Å². The van der Waals surface area contributed by atoms with Crippen molar-refractivity contribution in [1.82, 2.24) is 10.2 Å². The second-order valence-corrected chi connectivity index (χ2v) is 7.53. The molecule has 1 aliphatic heterocycles. The molecule has 0 saturated carbocycles. The molecule has 17 heavy (non-hydrogen) atoms. The fraction of sp³-hybridized carbons (Fsp3) is 1.00. The van der Waals surface area contributed by atoms with Crippen molar-refractivity contribution in [2.24, 2.45) is 5.41 Å². The van der Waals surface area contributed by atoms with E-state index in [0.29, 0.717) is 11.5 Å². The lowest BCUT2D eigenvalue weighted by atomic mass is 9.85. The minimum absolute atomic E-state index is 0.235. The van der Waals surface area contributed by atoms with Gasteiger partial charge < -0.3 is 5.32 Å². The SMILES string of the molecule is CC(CNC(C)(C)C)N1CCCC(C)(C)CC1. The van der Waals surface area contributed by atoms with E-state index in [4.69, 9.17) is 0 Å². The molecular weight excluding hydrogens is 208 g/mol. The van der Waals surface area contributed by atoms with E-state index in [1.54, 1.807) is 0 Å². The van der Waals surface area contributed by atoms with Crippen LogP contribution in [0.25, 0.3) is 0 Å². The summed E-state index contributed by atoms with van der Waals surface area (Å²) >= 11 is 0. The van der Waals surface area contributed by atoms with Gasteiger partial charge in [0.05, 0.1) is 0 Å². The molecule has 1 saturated heterocycles. The molecule has 0 aromatic rings. The second kappa shape index (κ2) is 5.71. The Morgan fingerprint density at radius 1 is 1.18 bits per heavy atom. The number of hydrogen-bond donors (Lipinski definition) is 1. The van der Waals surface area contributed by atoms with Gasteiger partial charge in [-0.25, -0.2) is 0 Å². The van der Waals surface area contributed by atoms with Gasteiger partial charge in [-0.05, 0) is 65.5 Å². The molecule has 1 N–H and O–H groups in total. The molecule has 0 aliphatic carbocycles. The normalized spacial score (nSPS) is 24.4. The number of nitrogens with zero attached hydrogens (tertiary/aromatic N) is 1. The van der Waals surface area contributed by atoms with Crippen LogP contribution in [0.1, 0.15) is 60.8 Å². The Kier molecular flexibility index (Phi) is 5.03. The third kappa shape index (κ3) is 5.87. The van der Waals surface area contributed by atoms with Crippen LogP contribution in [0.15, 0.2) is 0 Å². The van der Waals surface area contributed by atoms with Crippen LogP contribution in [0.3, 0.4) is 0 Å². The van der Waals surface area contributed by atoms with E-state index in [0.717, 1.165) is 6.54 Å². The Balaban J connectivity index is 2.39. The van der Waals surface area contributed by atoms with Crippen molar-refractivity contribution in [2.75, 3.05) is 19.6 Å². The largest absolute Gasteiger partial charge is 0.311 e. The Morgan fingerprint density at radius 2 is 1.82 bits per heavy atom. The first kappa shape index (κ1) is 15.0. The van der Waals surface area contributed by atoms with Crippen molar-refractivity contribution in [1.29, 1.82) is 0 Å². The van der Waals surface area contributed by atoms with E-state index in [2.05, 4.69) is 51.8 Å². The summed E-state index contributed by atoms with van der Waals surface area (Å²) in [6, 6.07) is 0.656. The molecule has 0 bridgehead atoms. The first-order chi connectivity index (χ1) is 7.70. The topological polar surface area (TPSA) is 15.3 Å².